The molecule has 2 saturated carbocycles. The summed E-state index contributed by atoms with van der Waals surface area (Å²) in [5, 5.41) is 12.6. The Morgan fingerprint density at radius 3 is 2.22 bits per heavy atom. The first-order chi connectivity index (χ1) is 8.32. The van der Waals surface area contributed by atoms with Crippen molar-refractivity contribution in [2.75, 3.05) is 6.61 Å². The van der Waals surface area contributed by atoms with Crippen LogP contribution >= 0.6 is 0 Å². The van der Waals surface area contributed by atoms with Gasteiger partial charge in [-0.15, -0.1) is 0 Å². The molecule has 3 nitrogen and oxygen atoms in total. The van der Waals surface area contributed by atoms with E-state index >= 15 is 0 Å². The van der Waals surface area contributed by atoms with Gasteiger partial charge in [0, 0.05) is 24.5 Å². The van der Waals surface area contributed by atoms with E-state index in [-0.39, 0.29) is 41.2 Å². The normalized spacial score (nSPS) is 34.1. The number of aliphatic hydroxyl groups is 1. The van der Waals surface area contributed by atoms with E-state index in [2.05, 4.69) is 33.0 Å². The molecular weight excluding hydrogens is 226 g/mol. The van der Waals surface area contributed by atoms with E-state index < -0.39 is 0 Å². The van der Waals surface area contributed by atoms with Crippen molar-refractivity contribution in [3.8, 4) is 0 Å². The maximum Gasteiger partial charge on any atom is 0.224 e. The third kappa shape index (κ3) is 2.07. The van der Waals surface area contributed by atoms with Crippen molar-refractivity contribution in [2.45, 2.75) is 59.4 Å². The number of carbonyl (C=O) groups is 1. The molecule has 2 aliphatic carbocycles. The van der Waals surface area contributed by atoms with Crippen LogP contribution in [0.25, 0.3) is 0 Å². The van der Waals surface area contributed by atoms with Gasteiger partial charge in [-0.3, -0.25) is 4.79 Å². The minimum Gasteiger partial charge on any atom is -0.396 e. The number of amides is 1. The van der Waals surface area contributed by atoms with Crippen LogP contribution in [0.5, 0.6) is 0 Å². The molecule has 2 rings (SSSR count). The number of nitrogens with one attached hydrogen (secondary N) is 1. The van der Waals surface area contributed by atoms with Gasteiger partial charge < -0.3 is 10.4 Å². The molecule has 1 amide bonds. The Morgan fingerprint density at radius 1 is 1.17 bits per heavy atom. The van der Waals surface area contributed by atoms with Gasteiger partial charge >= 0.3 is 0 Å². The van der Waals surface area contributed by atoms with Crippen molar-refractivity contribution >= 4 is 5.91 Å². The Bertz CT molecular complexity index is 321. The molecule has 0 aliphatic heterocycles. The average molecular weight is 253 g/mol. The Labute approximate surface area is 110 Å². The van der Waals surface area contributed by atoms with Crippen LogP contribution in [0.1, 0.15) is 53.4 Å². The van der Waals surface area contributed by atoms with Crippen LogP contribution in [0.4, 0.5) is 0 Å². The lowest BCUT2D eigenvalue weighted by Gasteiger charge is -2.31. The van der Waals surface area contributed by atoms with Gasteiger partial charge in [-0.05, 0) is 23.7 Å². The van der Waals surface area contributed by atoms with Gasteiger partial charge in [0.25, 0.3) is 0 Å². The summed E-state index contributed by atoms with van der Waals surface area (Å²) in [6.45, 7) is 8.87. The van der Waals surface area contributed by atoms with E-state index in [4.69, 9.17) is 0 Å². The van der Waals surface area contributed by atoms with E-state index in [0.29, 0.717) is 0 Å². The van der Waals surface area contributed by atoms with E-state index in [1.54, 1.807) is 0 Å². The lowest BCUT2D eigenvalue weighted by Crippen LogP contribution is -2.44. The van der Waals surface area contributed by atoms with E-state index in [0.717, 1.165) is 12.8 Å². The molecule has 0 radical (unpaired) electrons. The van der Waals surface area contributed by atoms with E-state index in [9.17, 15) is 9.90 Å². The van der Waals surface area contributed by atoms with Gasteiger partial charge in [0.15, 0.2) is 0 Å². The lowest BCUT2D eigenvalue weighted by molar-refractivity contribution is -0.124. The lowest BCUT2D eigenvalue weighted by atomic mass is 9.85. The minimum atomic E-state index is 0.0977. The number of hydrogen-bond donors (Lipinski definition) is 2. The summed E-state index contributed by atoms with van der Waals surface area (Å²) in [4.78, 5) is 12.4. The van der Waals surface area contributed by atoms with Crippen LogP contribution in [-0.2, 0) is 4.79 Å². The second-order valence-electron chi connectivity index (χ2n) is 7.22. The minimum absolute atomic E-state index is 0.0977. The second kappa shape index (κ2) is 4.52. The average Bonchev–Trinajstić information content (AvgIpc) is 2.70. The number of aliphatic hydroxyl groups excluding tert-OH is 1. The Kier molecular flexibility index (Phi) is 3.48. The molecule has 0 aromatic rings. The fourth-order valence-electron chi connectivity index (χ4n) is 3.73. The Balaban J connectivity index is 1.96. The SMILES string of the molecule is CC1(C)C(C(=O)NC2CCCCC2CO)C1(C)C. The van der Waals surface area contributed by atoms with E-state index in [1.807, 2.05) is 0 Å². The summed E-state index contributed by atoms with van der Waals surface area (Å²) in [7, 11) is 0. The highest BCUT2D eigenvalue weighted by Gasteiger charge is 2.68. The van der Waals surface area contributed by atoms with Gasteiger partial charge in [-0.1, -0.05) is 40.5 Å². The molecule has 2 atom stereocenters. The second-order valence-corrected chi connectivity index (χ2v) is 7.22. The van der Waals surface area contributed by atoms with Crippen molar-refractivity contribution in [3.63, 3.8) is 0 Å². The zero-order chi connectivity index (χ0) is 13.6. The molecule has 0 spiro atoms. The molecule has 0 aromatic heterocycles. The third-order valence-electron chi connectivity index (χ3n) is 5.75. The molecule has 0 heterocycles. The molecule has 0 saturated heterocycles. The van der Waals surface area contributed by atoms with Crippen molar-refractivity contribution in [1.29, 1.82) is 0 Å². The molecule has 2 fully saturated rings. The maximum absolute atomic E-state index is 12.4. The van der Waals surface area contributed by atoms with Gasteiger partial charge in [0.1, 0.15) is 0 Å². The molecule has 2 unspecified atom stereocenters. The Hall–Kier alpha value is -0.570. The zero-order valence-corrected chi connectivity index (χ0v) is 12.1. The van der Waals surface area contributed by atoms with Crippen molar-refractivity contribution < 1.29 is 9.90 Å². The molecule has 0 bridgehead atoms. The molecule has 104 valence electrons. The van der Waals surface area contributed by atoms with Crippen LogP contribution in [0.2, 0.25) is 0 Å². The number of rotatable bonds is 3. The van der Waals surface area contributed by atoms with Crippen LogP contribution in [0.15, 0.2) is 0 Å². The standard InChI is InChI=1S/C15H27NO2/c1-14(2)12(15(14,3)4)13(18)16-11-8-6-5-7-10(11)9-17/h10-12,17H,5-9H2,1-4H3,(H,16,18). The van der Waals surface area contributed by atoms with Crippen molar-refractivity contribution in [2.24, 2.45) is 22.7 Å². The summed E-state index contributed by atoms with van der Waals surface area (Å²) in [6.07, 6.45) is 4.40. The largest absolute Gasteiger partial charge is 0.396 e. The van der Waals surface area contributed by atoms with Gasteiger partial charge in [-0.25, -0.2) is 0 Å². The highest BCUT2D eigenvalue weighted by atomic mass is 16.3. The summed E-state index contributed by atoms with van der Waals surface area (Å²) >= 11 is 0. The van der Waals surface area contributed by atoms with Crippen LogP contribution in [0, 0.1) is 22.7 Å². The summed E-state index contributed by atoms with van der Waals surface area (Å²) in [5.74, 6) is 0.564. The number of carbonyl (C=O) groups excluding carboxylic acids is 1. The zero-order valence-electron chi connectivity index (χ0n) is 12.1. The summed E-state index contributed by atoms with van der Waals surface area (Å²) < 4.78 is 0. The molecular formula is C15H27NO2. The summed E-state index contributed by atoms with van der Waals surface area (Å²) in [5.41, 5.74) is 0.195. The molecule has 3 heteroatoms. The monoisotopic (exact) mass is 253 g/mol. The van der Waals surface area contributed by atoms with Crippen LogP contribution in [-0.4, -0.2) is 23.7 Å². The predicted molar refractivity (Wildman–Crippen MR) is 72.0 cm³/mol. The first-order valence-corrected chi connectivity index (χ1v) is 7.23. The first-order valence-electron chi connectivity index (χ1n) is 7.23. The smallest absolute Gasteiger partial charge is 0.224 e. The highest BCUT2D eigenvalue weighted by molar-refractivity contribution is 5.84. The van der Waals surface area contributed by atoms with Crippen LogP contribution < -0.4 is 5.32 Å². The summed E-state index contributed by atoms with van der Waals surface area (Å²) in [6, 6.07) is 0.184. The highest BCUT2D eigenvalue weighted by Crippen LogP contribution is 2.68. The quantitative estimate of drug-likeness (QED) is 0.811. The number of hydrogen-bond acceptors (Lipinski definition) is 2. The Morgan fingerprint density at radius 2 is 1.72 bits per heavy atom. The predicted octanol–water partition coefficient (Wildman–Crippen LogP) is 2.34. The van der Waals surface area contributed by atoms with Crippen molar-refractivity contribution in [1.82, 2.24) is 5.32 Å². The molecule has 18 heavy (non-hydrogen) atoms. The van der Waals surface area contributed by atoms with Gasteiger partial charge in [0.05, 0.1) is 0 Å². The maximum atomic E-state index is 12.4. The van der Waals surface area contributed by atoms with E-state index in [1.165, 1.54) is 12.8 Å². The van der Waals surface area contributed by atoms with Crippen LogP contribution in [0.3, 0.4) is 0 Å². The molecule has 2 aliphatic rings. The molecule has 2 N–H and O–H groups in total. The van der Waals surface area contributed by atoms with Gasteiger partial charge in [-0.2, -0.15) is 0 Å². The molecule has 0 aromatic carbocycles. The third-order valence-corrected chi connectivity index (χ3v) is 5.75. The fraction of sp³-hybridized carbons (Fsp3) is 0.933. The first kappa shape index (κ1) is 13.9. The fourth-order valence-corrected chi connectivity index (χ4v) is 3.73. The topological polar surface area (TPSA) is 49.3 Å². The van der Waals surface area contributed by atoms with Crippen molar-refractivity contribution in [3.05, 3.63) is 0 Å². The van der Waals surface area contributed by atoms with Gasteiger partial charge in [0.2, 0.25) is 5.91 Å².